The van der Waals surface area contributed by atoms with Gasteiger partial charge in [-0.25, -0.2) is 0 Å². The second-order valence-corrected chi connectivity index (χ2v) is 3.74. The number of hydrogen-bond donors (Lipinski definition) is 1. The number of nitrogens with zero attached hydrogens (tertiary/aromatic N) is 3. The Bertz CT molecular complexity index is 292. The predicted octanol–water partition coefficient (Wildman–Crippen LogP) is 0.766. The monoisotopic (exact) mass is 194 g/mol. The van der Waals surface area contributed by atoms with Crippen molar-refractivity contribution in [2.75, 3.05) is 13.1 Å². The highest BCUT2D eigenvalue weighted by Crippen LogP contribution is 2.14. The van der Waals surface area contributed by atoms with E-state index < -0.39 is 0 Å². The van der Waals surface area contributed by atoms with Crippen molar-refractivity contribution in [2.24, 2.45) is 0 Å². The Morgan fingerprint density at radius 1 is 1.36 bits per heavy atom. The van der Waals surface area contributed by atoms with Gasteiger partial charge in [-0.2, -0.15) is 0 Å². The number of likely N-dealkylation sites (N-methyl/N-ethyl adjacent to an activating group) is 1. The van der Waals surface area contributed by atoms with Gasteiger partial charge in [-0.05, 0) is 19.4 Å². The highest BCUT2D eigenvalue weighted by atomic mass is 15.3. The molecular formula is C10H18N4. The van der Waals surface area contributed by atoms with Crippen molar-refractivity contribution in [3.63, 3.8) is 0 Å². The van der Waals surface area contributed by atoms with Crippen LogP contribution in [0.4, 0.5) is 0 Å². The molecule has 0 unspecified atom stereocenters. The van der Waals surface area contributed by atoms with Crippen molar-refractivity contribution >= 4 is 0 Å². The van der Waals surface area contributed by atoms with Crippen LogP contribution in [-0.2, 0) is 19.4 Å². The standard InChI is InChI=1S/C10H18N4/c1-2-11-7-6-10-13-12-9-5-3-4-8-14(9)10/h11H,2-8H2,1H3. The van der Waals surface area contributed by atoms with E-state index in [0.29, 0.717) is 0 Å². The predicted molar refractivity (Wildman–Crippen MR) is 55.2 cm³/mol. The van der Waals surface area contributed by atoms with Crippen LogP contribution in [0.25, 0.3) is 0 Å². The highest BCUT2D eigenvalue weighted by Gasteiger charge is 2.14. The summed E-state index contributed by atoms with van der Waals surface area (Å²) < 4.78 is 2.29. The third-order valence-corrected chi connectivity index (χ3v) is 2.71. The van der Waals surface area contributed by atoms with Crippen LogP contribution in [0.15, 0.2) is 0 Å². The summed E-state index contributed by atoms with van der Waals surface area (Å²) in [6, 6.07) is 0. The molecule has 0 spiro atoms. The number of aryl methyl sites for hydroxylation is 1. The van der Waals surface area contributed by atoms with Crippen LogP contribution < -0.4 is 5.32 Å². The van der Waals surface area contributed by atoms with Crippen molar-refractivity contribution in [1.29, 1.82) is 0 Å². The second kappa shape index (κ2) is 4.55. The van der Waals surface area contributed by atoms with Crippen LogP contribution in [0, 0.1) is 0 Å². The molecule has 1 N–H and O–H groups in total. The van der Waals surface area contributed by atoms with E-state index in [1.807, 2.05) is 0 Å². The average Bonchev–Trinajstić information content (AvgIpc) is 2.63. The first-order valence-electron chi connectivity index (χ1n) is 5.53. The molecule has 0 aliphatic carbocycles. The fourth-order valence-corrected chi connectivity index (χ4v) is 1.93. The van der Waals surface area contributed by atoms with E-state index in [0.717, 1.165) is 38.3 Å². The molecule has 0 saturated carbocycles. The molecule has 1 aliphatic rings. The molecule has 78 valence electrons. The molecule has 0 aromatic carbocycles. The molecule has 0 radical (unpaired) electrons. The van der Waals surface area contributed by atoms with Crippen LogP contribution >= 0.6 is 0 Å². The lowest BCUT2D eigenvalue weighted by Gasteiger charge is -2.14. The number of aromatic nitrogens is 3. The first-order valence-corrected chi connectivity index (χ1v) is 5.53. The molecule has 14 heavy (non-hydrogen) atoms. The minimum absolute atomic E-state index is 1.00. The molecule has 2 rings (SSSR count). The third-order valence-electron chi connectivity index (χ3n) is 2.71. The zero-order chi connectivity index (χ0) is 9.80. The maximum atomic E-state index is 4.24. The van der Waals surface area contributed by atoms with E-state index in [9.17, 15) is 0 Å². The normalized spacial score (nSPS) is 15.5. The Balaban J connectivity index is 1.99. The molecule has 4 heteroatoms. The summed E-state index contributed by atoms with van der Waals surface area (Å²) >= 11 is 0. The van der Waals surface area contributed by atoms with Crippen LogP contribution in [0.3, 0.4) is 0 Å². The van der Waals surface area contributed by atoms with Gasteiger partial charge in [0.15, 0.2) is 0 Å². The van der Waals surface area contributed by atoms with Gasteiger partial charge in [-0.15, -0.1) is 10.2 Å². The van der Waals surface area contributed by atoms with Crippen molar-refractivity contribution in [3.8, 4) is 0 Å². The maximum absolute atomic E-state index is 4.24. The fourth-order valence-electron chi connectivity index (χ4n) is 1.93. The Labute approximate surface area is 84.7 Å². The minimum atomic E-state index is 1.00. The van der Waals surface area contributed by atoms with E-state index in [1.54, 1.807) is 0 Å². The summed E-state index contributed by atoms with van der Waals surface area (Å²) in [6.45, 7) is 5.28. The van der Waals surface area contributed by atoms with E-state index in [4.69, 9.17) is 0 Å². The van der Waals surface area contributed by atoms with Crippen LogP contribution in [0.2, 0.25) is 0 Å². The molecule has 1 aromatic heterocycles. The SMILES string of the molecule is CCNCCc1nnc2n1CCCC2. The van der Waals surface area contributed by atoms with Crippen LogP contribution in [0.5, 0.6) is 0 Å². The molecule has 0 amide bonds. The first-order chi connectivity index (χ1) is 6.92. The average molecular weight is 194 g/mol. The Morgan fingerprint density at radius 3 is 3.14 bits per heavy atom. The highest BCUT2D eigenvalue weighted by molar-refractivity contribution is 4.99. The minimum Gasteiger partial charge on any atom is -0.317 e. The summed E-state index contributed by atoms with van der Waals surface area (Å²) in [6.07, 6.45) is 4.65. The van der Waals surface area contributed by atoms with E-state index in [2.05, 4.69) is 27.0 Å². The lowest BCUT2D eigenvalue weighted by atomic mass is 10.1. The number of rotatable bonds is 4. The van der Waals surface area contributed by atoms with E-state index in [1.165, 1.54) is 18.7 Å². The van der Waals surface area contributed by atoms with Gasteiger partial charge in [0.25, 0.3) is 0 Å². The summed E-state index contributed by atoms with van der Waals surface area (Å²) in [5.41, 5.74) is 0. The fraction of sp³-hybridized carbons (Fsp3) is 0.800. The molecule has 0 atom stereocenters. The van der Waals surface area contributed by atoms with Gasteiger partial charge in [0, 0.05) is 25.9 Å². The molecule has 0 fully saturated rings. The third kappa shape index (κ3) is 1.95. The number of nitrogens with one attached hydrogen (secondary N) is 1. The van der Waals surface area contributed by atoms with Gasteiger partial charge in [-0.1, -0.05) is 6.92 Å². The van der Waals surface area contributed by atoms with E-state index >= 15 is 0 Å². The van der Waals surface area contributed by atoms with Gasteiger partial charge >= 0.3 is 0 Å². The molecule has 4 nitrogen and oxygen atoms in total. The van der Waals surface area contributed by atoms with Gasteiger partial charge in [-0.3, -0.25) is 0 Å². The van der Waals surface area contributed by atoms with Gasteiger partial charge in [0.2, 0.25) is 0 Å². The summed E-state index contributed by atoms with van der Waals surface area (Å²) in [7, 11) is 0. The summed E-state index contributed by atoms with van der Waals surface area (Å²) in [5, 5.41) is 11.8. The smallest absolute Gasteiger partial charge is 0.134 e. The largest absolute Gasteiger partial charge is 0.317 e. The van der Waals surface area contributed by atoms with Gasteiger partial charge in [0.1, 0.15) is 11.6 Å². The van der Waals surface area contributed by atoms with Crippen LogP contribution in [-0.4, -0.2) is 27.9 Å². The molecule has 1 aromatic rings. The maximum Gasteiger partial charge on any atom is 0.134 e. The van der Waals surface area contributed by atoms with Crippen LogP contribution in [0.1, 0.15) is 31.4 Å². The summed E-state index contributed by atoms with van der Waals surface area (Å²) in [5.74, 6) is 2.34. The number of hydrogen-bond acceptors (Lipinski definition) is 3. The number of fused-ring (bicyclic) bond motifs is 1. The van der Waals surface area contributed by atoms with Crippen molar-refractivity contribution in [1.82, 2.24) is 20.1 Å². The lowest BCUT2D eigenvalue weighted by molar-refractivity contribution is 0.504. The first kappa shape index (κ1) is 9.65. The quantitative estimate of drug-likeness (QED) is 0.720. The second-order valence-electron chi connectivity index (χ2n) is 3.74. The topological polar surface area (TPSA) is 42.7 Å². The molecule has 0 saturated heterocycles. The Morgan fingerprint density at radius 2 is 2.29 bits per heavy atom. The van der Waals surface area contributed by atoms with Gasteiger partial charge < -0.3 is 9.88 Å². The lowest BCUT2D eigenvalue weighted by Crippen LogP contribution is -2.20. The van der Waals surface area contributed by atoms with E-state index in [-0.39, 0.29) is 0 Å². The zero-order valence-corrected chi connectivity index (χ0v) is 8.79. The van der Waals surface area contributed by atoms with Gasteiger partial charge in [0.05, 0.1) is 0 Å². The molecule has 2 heterocycles. The zero-order valence-electron chi connectivity index (χ0n) is 8.79. The Kier molecular flexibility index (Phi) is 3.14. The van der Waals surface area contributed by atoms with Crippen molar-refractivity contribution in [2.45, 2.75) is 39.2 Å². The van der Waals surface area contributed by atoms with Crippen molar-refractivity contribution < 1.29 is 0 Å². The molecule has 0 bridgehead atoms. The Hall–Kier alpha value is -0.900. The molecular weight excluding hydrogens is 176 g/mol. The van der Waals surface area contributed by atoms with Crippen molar-refractivity contribution in [3.05, 3.63) is 11.6 Å². The molecule has 1 aliphatic heterocycles. The summed E-state index contributed by atoms with van der Waals surface area (Å²) in [4.78, 5) is 0.